The fourth-order valence-electron chi connectivity index (χ4n) is 0. The van der Waals surface area contributed by atoms with E-state index in [9.17, 15) is 0 Å². The molecule has 0 aliphatic heterocycles. The maximum absolute atomic E-state index is 6.77. The van der Waals surface area contributed by atoms with E-state index >= 15 is 0 Å². The Morgan fingerprint density at radius 1 is 1.80 bits per heavy atom. The fraction of sp³-hybridized carbons (Fsp3) is 1.00. The van der Waals surface area contributed by atoms with Crippen molar-refractivity contribution in [2.24, 2.45) is 0 Å². The van der Waals surface area contributed by atoms with Crippen LogP contribution in [-0.2, 0) is 0 Å². The molecule has 0 aliphatic rings. The van der Waals surface area contributed by atoms with Crippen LogP contribution < -0.4 is 0 Å². The van der Waals surface area contributed by atoms with Crippen LogP contribution in [0.25, 0.3) is 0 Å². The van der Waals surface area contributed by atoms with E-state index in [1.165, 1.54) is 6.04 Å². The number of rotatable bonds is 1. The first-order valence-corrected chi connectivity index (χ1v) is 5.19. The molecule has 0 atom stereocenters. The topological polar surface area (TPSA) is 0 Å². The molecule has 0 aromatic carbocycles. The lowest BCUT2D eigenvalue weighted by Gasteiger charge is -1.87. The molecule has 32 valence electrons. The largest absolute Gasteiger partial charge is 0.0722 e. The van der Waals surface area contributed by atoms with Crippen molar-refractivity contribution in [1.29, 1.82) is 0 Å². The molecule has 0 saturated heterocycles. The Morgan fingerprint density at radius 2 is 2.40 bits per heavy atom. The van der Waals surface area contributed by atoms with Crippen molar-refractivity contribution in [2.45, 2.75) is 26.0 Å². The Balaban J connectivity index is 2.63. The summed E-state index contributed by atoms with van der Waals surface area (Å²) in [5, 5.41) is 0. The van der Waals surface area contributed by atoms with Crippen molar-refractivity contribution in [3.63, 3.8) is 0 Å². The Morgan fingerprint density at radius 3 is 2.40 bits per heavy atom. The lowest BCUT2D eigenvalue weighted by atomic mass is 11.0. The van der Waals surface area contributed by atoms with Gasteiger partial charge >= 0.3 is 0 Å². The van der Waals surface area contributed by atoms with Crippen molar-refractivity contribution in [1.82, 2.24) is 0 Å². The average molecular weight is 89.2 g/mol. The molecule has 0 amide bonds. The second-order valence-corrected chi connectivity index (χ2v) is 5.05. The minimum Gasteiger partial charge on any atom is -0.0722 e. The summed E-state index contributed by atoms with van der Waals surface area (Å²) in [6, 6.07) is 1.18. The summed E-state index contributed by atoms with van der Waals surface area (Å²) < 4.78 is 6.77. The monoisotopic (exact) mass is 89.1 g/mol. The van der Waals surface area contributed by atoms with Crippen LogP contribution in [0.1, 0.15) is 8.27 Å². The molecule has 0 aromatic rings. The van der Waals surface area contributed by atoms with Gasteiger partial charge in [0.25, 0.3) is 0 Å². The molecule has 0 N–H and O–H groups in total. The minimum absolute atomic E-state index is 0.358. The standard InChI is InChI=1S/C4H12Si/c1-4-5(2)3/h5H,4H2,1-3H3/i1D. The molecule has 0 radical (unpaired) electrons. The summed E-state index contributed by atoms with van der Waals surface area (Å²) in [5.74, 6) is 0. The third-order valence-corrected chi connectivity index (χ3v) is 1.73. The first kappa shape index (κ1) is 3.41. The van der Waals surface area contributed by atoms with Crippen molar-refractivity contribution >= 4 is 8.80 Å². The van der Waals surface area contributed by atoms with Gasteiger partial charge in [0.2, 0.25) is 0 Å². The molecule has 0 unspecified atom stereocenters. The highest BCUT2D eigenvalue weighted by atomic mass is 28.3. The highest BCUT2D eigenvalue weighted by Crippen LogP contribution is 1.83. The third-order valence-electron chi connectivity index (χ3n) is 0.577. The number of hydrogen-bond acceptors (Lipinski definition) is 0. The van der Waals surface area contributed by atoms with Crippen molar-refractivity contribution in [3.05, 3.63) is 0 Å². The van der Waals surface area contributed by atoms with Crippen molar-refractivity contribution in [2.75, 3.05) is 0 Å². The summed E-state index contributed by atoms with van der Waals surface area (Å²) in [6.07, 6.45) is 0. The summed E-state index contributed by atoms with van der Waals surface area (Å²) in [6.45, 7) is 5.19. The van der Waals surface area contributed by atoms with E-state index in [2.05, 4.69) is 13.1 Å². The van der Waals surface area contributed by atoms with Gasteiger partial charge in [0.15, 0.2) is 0 Å². The van der Waals surface area contributed by atoms with Crippen LogP contribution >= 0.6 is 0 Å². The van der Waals surface area contributed by atoms with Crippen LogP contribution in [0.2, 0.25) is 19.1 Å². The molecular formula is C4H12Si. The molecule has 1 heteroatoms. The molecule has 0 aliphatic carbocycles. The quantitative estimate of drug-likeness (QED) is 0.427. The molecule has 0 fully saturated rings. The molecule has 0 aromatic heterocycles. The van der Waals surface area contributed by atoms with Gasteiger partial charge in [-0.15, -0.1) is 0 Å². The molecule has 5 heavy (non-hydrogen) atoms. The van der Waals surface area contributed by atoms with Crippen LogP contribution in [-0.4, -0.2) is 8.80 Å². The van der Waals surface area contributed by atoms with Crippen LogP contribution in [0.4, 0.5) is 0 Å². The maximum Gasteiger partial charge on any atom is 0.0302 e. The van der Waals surface area contributed by atoms with Gasteiger partial charge in [0.1, 0.15) is 0 Å². The average Bonchev–Trinajstić information content (AvgIpc) is 1.35. The van der Waals surface area contributed by atoms with E-state index in [-0.39, 0.29) is 8.80 Å². The summed E-state index contributed by atoms with van der Waals surface area (Å²) >= 11 is 0. The minimum atomic E-state index is -0.358. The molecule has 0 bridgehead atoms. The predicted molar refractivity (Wildman–Crippen MR) is 29.4 cm³/mol. The van der Waals surface area contributed by atoms with Crippen LogP contribution in [0.5, 0.6) is 0 Å². The Kier molecular flexibility index (Phi) is 1.67. The van der Waals surface area contributed by atoms with Gasteiger partial charge < -0.3 is 0 Å². The predicted octanol–water partition coefficient (Wildman–Crippen LogP) is 1.49. The molecule has 0 saturated carbocycles. The van der Waals surface area contributed by atoms with Crippen molar-refractivity contribution in [3.8, 4) is 0 Å². The first-order valence-electron chi connectivity index (χ1n) is 2.77. The van der Waals surface area contributed by atoms with Crippen molar-refractivity contribution < 1.29 is 1.37 Å². The summed E-state index contributed by atoms with van der Waals surface area (Å²) in [5.41, 5.74) is 0. The van der Waals surface area contributed by atoms with Gasteiger partial charge in [-0.3, -0.25) is 0 Å². The molecule has 0 nitrogen and oxygen atoms in total. The van der Waals surface area contributed by atoms with Crippen LogP contribution in [0, 0.1) is 0 Å². The van der Waals surface area contributed by atoms with Gasteiger partial charge in [-0.05, 0) is 0 Å². The zero-order chi connectivity index (χ0) is 4.99. The molecular weight excluding hydrogens is 76.1 g/mol. The van der Waals surface area contributed by atoms with Gasteiger partial charge in [-0.25, -0.2) is 0 Å². The summed E-state index contributed by atoms with van der Waals surface area (Å²) in [4.78, 5) is 0. The highest BCUT2D eigenvalue weighted by molar-refractivity contribution is 6.55. The lowest BCUT2D eigenvalue weighted by Crippen LogP contribution is -1.92. The van der Waals surface area contributed by atoms with Gasteiger partial charge in [0, 0.05) is 10.2 Å². The Hall–Kier alpha value is 0.217. The van der Waals surface area contributed by atoms with E-state index in [1.54, 1.807) is 0 Å². The lowest BCUT2D eigenvalue weighted by molar-refractivity contribution is 1.41. The zero-order valence-electron chi connectivity index (χ0n) is 4.99. The first-order chi connectivity index (χ1) is 2.77. The van der Waals surface area contributed by atoms with E-state index in [0.29, 0.717) is 6.90 Å². The normalized spacial score (nSPS) is 12.2. The summed E-state index contributed by atoms with van der Waals surface area (Å²) in [7, 11) is -0.358. The fourth-order valence-corrected chi connectivity index (χ4v) is 0. The van der Waals surface area contributed by atoms with Gasteiger partial charge in [-0.2, -0.15) is 0 Å². The second-order valence-electron chi connectivity index (χ2n) is 1.68. The smallest absolute Gasteiger partial charge is 0.0302 e. The van der Waals surface area contributed by atoms with E-state index < -0.39 is 0 Å². The Labute approximate surface area is 37.2 Å². The maximum atomic E-state index is 6.77. The van der Waals surface area contributed by atoms with E-state index in [0.717, 1.165) is 0 Å². The third kappa shape index (κ3) is 4.22. The van der Waals surface area contributed by atoms with Crippen LogP contribution in [0.15, 0.2) is 0 Å². The SMILES string of the molecule is [2H]CC[SiH](C)C. The molecule has 0 rings (SSSR count). The Bertz CT molecular complexity index is 28.7. The van der Waals surface area contributed by atoms with Crippen LogP contribution in [0.3, 0.4) is 0 Å². The van der Waals surface area contributed by atoms with E-state index in [4.69, 9.17) is 1.37 Å². The van der Waals surface area contributed by atoms with Gasteiger partial charge in [-0.1, -0.05) is 26.0 Å². The zero-order valence-corrected chi connectivity index (χ0v) is 5.15. The van der Waals surface area contributed by atoms with E-state index in [1.807, 2.05) is 0 Å². The molecule has 0 heterocycles. The van der Waals surface area contributed by atoms with Gasteiger partial charge in [0.05, 0.1) is 0 Å². The number of hydrogen-bond donors (Lipinski definition) is 0. The molecule has 0 spiro atoms. The highest BCUT2D eigenvalue weighted by Gasteiger charge is 1.82. The second kappa shape index (κ2) is 2.45.